The van der Waals surface area contributed by atoms with Crippen LogP contribution in [0.3, 0.4) is 0 Å². The minimum atomic E-state index is 0.00896. The molecular formula is C21H24N2O3. The van der Waals surface area contributed by atoms with Gasteiger partial charge in [0.25, 0.3) is 0 Å². The summed E-state index contributed by atoms with van der Waals surface area (Å²) in [6.07, 6.45) is 2.72. The lowest BCUT2D eigenvalue weighted by Crippen LogP contribution is -2.37. The number of carbonyl (C=O) groups excluding carboxylic acids is 2. The molecule has 5 heteroatoms. The van der Waals surface area contributed by atoms with E-state index >= 15 is 0 Å². The fourth-order valence-electron chi connectivity index (χ4n) is 3.37. The molecular weight excluding hydrogens is 328 g/mol. The molecule has 1 aliphatic heterocycles. The largest absolute Gasteiger partial charge is 0.461 e. The third-order valence-corrected chi connectivity index (χ3v) is 5.03. The average molecular weight is 352 g/mol. The molecule has 0 unspecified atom stereocenters. The van der Waals surface area contributed by atoms with Gasteiger partial charge in [-0.2, -0.15) is 0 Å². The van der Waals surface area contributed by atoms with Crippen molar-refractivity contribution in [3.8, 4) is 11.3 Å². The van der Waals surface area contributed by atoms with Crippen molar-refractivity contribution >= 4 is 17.5 Å². The lowest BCUT2D eigenvalue weighted by Gasteiger charge is -2.27. The predicted octanol–water partition coefficient (Wildman–Crippen LogP) is 3.84. The van der Waals surface area contributed by atoms with E-state index in [1.165, 1.54) is 0 Å². The molecule has 1 saturated carbocycles. The van der Waals surface area contributed by atoms with E-state index < -0.39 is 0 Å². The van der Waals surface area contributed by atoms with E-state index in [4.69, 9.17) is 4.42 Å². The highest BCUT2D eigenvalue weighted by Gasteiger charge is 2.29. The van der Waals surface area contributed by atoms with E-state index in [0.717, 1.165) is 47.6 Å². The van der Waals surface area contributed by atoms with Crippen LogP contribution in [0.2, 0.25) is 0 Å². The molecule has 4 rings (SSSR count). The number of carbonyl (C=O) groups is 2. The monoisotopic (exact) mass is 352 g/mol. The number of benzene rings is 1. The first-order valence-corrected chi connectivity index (χ1v) is 9.33. The van der Waals surface area contributed by atoms with Crippen LogP contribution in [0, 0.1) is 11.8 Å². The zero-order chi connectivity index (χ0) is 18.3. The molecule has 0 bridgehead atoms. The number of furan rings is 1. The minimum Gasteiger partial charge on any atom is -0.461 e. The molecule has 5 nitrogen and oxygen atoms in total. The third kappa shape index (κ3) is 3.39. The highest BCUT2D eigenvalue weighted by atomic mass is 16.3. The van der Waals surface area contributed by atoms with Gasteiger partial charge in [-0.25, -0.2) is 0 Å². The van der Waals surface area contributed by atoms with Gasteiger partial charge in [-0.3, -0.25) is 9.59 Å². The quantitative estimate of drug-likeness (QED) is 0.909. The summed E-state index contributed by atoms with van der Waals surface area (Å²) in [6, 6.07) is 9.77. The summed E-state index contributed by atoms with van der Waals surface area (Å²) < 4.78 is 6.05. The molecule has 1 fully saturated rings. The molecule has 1 aliphatic carbocycles. The molecule has 2 heterocycles. The third-order valence-electron chi connectivity index (χ3n) is 5.03. The fourth-order valence-corrected chi connectivity index (χ4v) is 3.37. The van der Waals surface area contributed by atoms with Crippen LogP contribution in [0.15, 0.2) is 34.7 Å². The van der Waals surface area contributed by atoms with Crippen LogP contribution < -0.4 is 5.32 Å². The first kappa shape index (κ1) is 16.9. The summed E-state index contributed by atoms with van der Waals surface area (Å²) in [5, 5.41) is 2.98. The van der Waals surface area contributed by atoms with Gasteiger partial charge in [0.05, 0.1) is 0 Å². The van der Waals surface area contributed by atoms with Gasteiger partial charge in [-0.15, -0.1) is 0 Å². The summed E-state index contributed by atoms with van der Waals surface area (Å²) in [5.41, 5.74) is 2.81. The molecule has 1 N–H and O–H groups in total. The molecule has 0 saturated heterocycles. The molecule has 0 radical (unpaired) electrons. The van der Waals surface area contributed by atoms with Crippen LogP contribution in [0.4, 0.5) is 5.69 Å². The second kappa shape index (κ2) is 6.63. The standard InChI is InChI=1S/C21H24N2O3/c1-13(2)21(25)23-9-8-18-16(12-23)11-19(26-18)15-4-3-5-17(10-15)22-20(24)14-6-7-14/h3-5,10-11,13-14H,6-9,12H2,1-2H3,(H,22,24). The molecule has 2 aromatic rings. The van der Waals surface area contributed by atoms with Gasteiger partial charge < -0.3 is 14.6 Å². The second-order valence-electron chi connectivity index (χ2n) is 7.57. The first-order valence-electron chi connectivity index (χ1n) is 9.33. The second-order valence-corrected chi connectivity index (χ2v) is 7.57. The highest BCUT2D eigenvalue weighted by molar-refractivity contribution is 5.94. The summed E-state index contributed by atoms with van der Waals surface area (Å²) in [5.74, 6) is 2.22. The first-order chi connectivity index (χ1) is 12.5. The maximum absolute atomic E-state index is 12.2. The number of amides is 2. The van der Waals surface area contributed by atoms with Crippen molar-refractivity contribution in [1.29, 1.82) is 0 Å². The van der Waals surface area contributed by atoms with Crippen molar-refractivity contribution in [1.82, 2.24) is 4.90 Å². The Balaban J connectivity index is 1.53. The van der Waals surface area contributed by atoms with E-state index in [9.17, 15) is 9.59 Å². The average Bonchev–Trinajstić information content (AvgIpc) is 3.40. The van der Waals surface area contributed by atoms with Crippen molar-refractivity contribution in [3.63, 3.8) is 0 Å². The van der Waals surface area contributed by atoms with Crippen LogP contribution in [-0.2, 0) is 22.6 Å². The molecule has 26 heavy (non-hydrogen) atoms. The molecule has 2 aliphatic rings. The molecule has 1 aromatic heterocycles. The van der Waals surface area contributed by atoms with E-state index in [1.54, 1.807) is 0 Å². The predicted molar refractivity (Wildman–Crippen MR) is 99.5 cm³/mol. The Bertz CT molecular complexity index is 849. The Morgan fingerprint density at radius 1 is 1.23 bits per heavy atom. The molecule has 1 aromatic carbocycles. The van der Waals surface area contributed by atoms with E-state index in [1.807, 2.05) is 49.1 Å². The van der Waals surface area contributed by atoms with Crippen LogP contribution in [0.5, 0.6) is 0 Å². The van der Waals surface area contributed by atoms with Gasteiger partial charge in [-0.1, -0.05) is 26.0 Å². The normalized spacial score (nSPS) is 16.5. The van der Waals surface area contributed by atoms with Gasteiger partial charge in [0, 0.05) is 48.2 Å². The summed E-state index contributed by atoms with van der Waals surface area (Å²) >= 11 is 0. The Hall–Kier alpha value is -2.56. The number of nitrogens with zero attached hydrogens (tertiary/aromatic N) is 1. The zero-order valence-corrected chi connectivity index (χ0v) is 15.2. The lowest BCUT2D eigenvalue weighted by molar-refractivity contribution is -0.135. The van der Waals surface area contributed by atoms with E-state index in [2.05, 4.69) is 5.32 Å². The number of hydrogen-bond acceptors (Lipinski definition) is 3. The van der Waals surface area contributed by atoms with Crippen molar-refractivity contribution < 1.29 is 14.0 Å². The van der Waals surface area contributed by atoms with Gasteiger partial charge in [0.15, 0.2) is 0 Å². The number of hydrogen-bond donors (Lipinski definition) is 1. The van der Waals surface area contributed by atoms with Crippen LogP contribution >= 0.6 is 0 Å². The van der Waals surface area contributed by atoms with E-state index in [-0.39, 0.29) is 23.7 Å². The molecule has 0 spiro atoms. The Morgan fingerprint density at radius 3 is 2.77 bits per heavy atom. The van der Waals surface area contributed by atoms with Gasteiger partial charge in [-0.05, 0) is 31.0 Å². The number of anilines is 1. The number of rotatable bonds is 4. The molecule has 2 amide bonds. The maximum atomic E-state index is 12.2. The number of fused-ring (bicyclic) bond motifs is 1. The van der Waals surface area contributed by atoms with Crippen molar-refractivity contribution in [2.75, 3.05) is 11.9 Å². The van der Waals surface area contributed by atoms with Crippen molar-refractivity contribution in [2.24, 2.45) is 11.8 Å². The highest BCUT2D eigenvalue weighted by Crippen LogP contribution is 2.33. The Morgan fingerprint density at radius 2 is 2.04 bits per heavy atom. The smallest absolute Gasteiger partial charge is 0.227 e. The summed E-state index contributed by atoms with van der Waals surface area (Å²) in [7, 11) is 0. The zero-order valence-electron chi connectivity index (χ0n) is 15.2. The Kier molecular flexibility index (Phi) is 4.31. The number of nitrogens with one attached hydrogen (secondary N) is 1. The van der Waals surface area contributed by atoms with Crippen molar-refractivity contribution in [3.05, 3.63) is 41.7 Å². The van der Waals surface area contributed by atoms with Gasteiger partial charge in [0.1, 0.15) is 11.5 Å². The van der Waals surface area contributed by atoms with Crippen LogP contribution in [0.25, 0.3) is 11.3 Å². The maximum Gasteiger partial charge on any atom is 0.227 e. The Labute approximate surface area is 153 Å². The summed E-state index contributed by atoms with van der Waals surface area (Å²) in [4.78, 5) is 26.1. The van der Waals surface area contributed by atoms with Gasteiger partial charge >= 0.3 is 0 Å². The fraction of sp³-hybridized carbons (Fsp3) is 0.429. The van der Waals surface area contributed by atoms with Crippen LogP contribution in [-0.4, -0.2) is 23.3 Å². The van der Waals surface area contributed by atoms with E-state index in [0.29, 0.717) is 13.1 Å². The van der Waals surface area contributed by atoms with Crippen molar-refractivity contribution in [2.45, 2.75) is 39.7 Å². The summed E-state index contributed by atoms with van der Waals surface area (Å²) in [6.45, 7) is 5.17. The topological polar surface area (TPSA) is 62.6 Å². The van der Waals surface area contributed by atoms with Crippen LogP contribution in [0.1, 0.15) is 38.0 Å². The molecule has 136 valence electrons. The minimum absolute atomic E-state index is 0.00896. The van der Waals surface area contributed by atoms with Gasteiger partial charge in [0.2, 0.25) is 11.8 Å². The molecule has 0 atom stereocenters. The SMILES string of the molecule is CC(C)C(=O)N1CCc2oc(-c3cccc(NC(=O)C4CC4)c3)cc2C1. The lowest BCUT2D eigenvalue weighted by atomic mass is 10.1.